The summed E-state index contributed by atoms with van der Waals surface area (Å²) in [6.45, 7) is 1.10. The van der Waals surface area contributed by atoms with E-state index in [-0.39, 0.29) is 12.1 Å². The van der Waals surface area contributed by atoms with Crippen LogP contribution in [-0.2, 0) is 0 Å². The maximum Gasteiger partial charge on any atom is 0.0511 e. The van der Waals surface area contributed by atoms with Gasteiger partial charge in [0.05, 0.1) is 6.04 Å². The molecule has 16 heavy (non-hydrogen) atoms. The third-order valence-electron chi connectivity index (χ3n) is 3.40. The Bertz CT molecular complexity index is 342. The average Bonchev–Trinajstić information content (AvgIpc) is 2.42. The minimum atomic E-state index is 0.187. The van der Waals surface area contributed by atoms with Crippen LogP contribution in [0.1, 0.15) is 30.9 Å². The third-order valence-corrected chi connectivity index (χ3v) is 3.75. The van der Waals surface area contributed by atoms with Crippen LogP contribution in [0.3, 0.4) is 0 Å². The van der Waals surface area contributed by atoms with Gasteiger partial charge in [0, 0.05) is 11.1 Å². The van der Waals surface area contributed by atoms with E-state index >= 15 is 0 Å². The molecule has 0 spiro atoms. The number of nitrogens with zero attached hydrogens (tertiary/aromatic N) is 1. The molecule has 1 saturated heterocycles. The van der Waals surface area contributed by atoms with Crippen molar-refractivity contribution in [3.05, 3.63) is 34.9 Å². The lowest BCUT2D eigenvalue weighted by Gasteiger charge is -2.31. The highest BCUT2D eigenvalue weighted by Gasteiger charge is 2.27. The maximum absolute atomic E-state index is 6.27. The predicted octanol–water partition coefficient (Wildman–Crippen LogP) is 2.82. The molecule has 0 saturated carbocycles. The van der Waals surface area contributed by atoms with Gasteiger partial charge < -0.3 is 5.73 Å². The van der Waals surface area contributed by atoms with Gasteiger partial charge in [0.1, 0.15) is 0 Å². The van der Waals surface area contributed by atoms with Crippen molar-refractivity contribution in [2.45, 2.75) is 31.3 Å². The molecule has 2 N–H and O–H groups in total. The topological polar surface area (TPSA) is 29.3 Å². The van der Waals surface area contributed by atoms with Crippen LogP contribution in [0, 0.1) is 0 Å². The van der Waals surface area contributed by atoms with E-state index in [1.54, 1.807) is 0 Å². The molecule has 0 amide bonds. The Labute approximate surface area is 102 Å². The zero-order chi connectivity index (χ0) is 11.5. The van der Waals surface area contributed by atoms with E-state index in [1.165, 1.54) is 18.4 Å². The molecule has 88 valence electrons. The fraction of sp³-hybridized carbons (Fsp3) is 0.538. The molecule has 1 aromatic carbocycles. The zero-order valence-electron chi connectivity index (χ0n) is 9.70. The van der Waals surface area contributed by atoms with Crippen LogP contribution in [0.25, 0.3) is 0 Å². The van der Waals surface area contributed by atoms with Gasteiger partial charge in [-0.3, -0.25) is 4.90 Å². The molecule has 2 atom stereocenters. The number of rotatable bonds is 1. The number of hydrogen-bond donors (Lipinski definition) is 1. The summed E-state index contributed by atoms with van der Waals surface area (Å²) in [5, 5.41) is 0.830. The quantitative estimate of drug-likeness (QED) is 0.815. The summed E-state index contributed by atoms with van der Waals surface area (Å²) in [5.41, 5.74) is 7.44. The van der Waals surface area contributed by atoms with Crippen LogP contribution in [0.5, 0.6) is 0 Å². The van der Waals surface area contributed by atoms with Gasteiger partial charge in [-0.05, 0) is 38.1 Å². The van der Waals surface area contributed by atoms with E-state index in [4.69, 9.17) is 17.3 Å². The molecule has 1 fully saturated rings. The molecule has 1 aliphatic rings. The Balaban J connectivity index is 2.32. The van der Waals surface area contributed by atoms with E-state index < -0.39 is 0 Å². The van der Waals surface area contributed by atoms with Crippen LogP contribution in [0.2, 0.25) is 5.02 Å². The van der Waals surface area contributed by atoms with Crippen LogP contribution in [0.4, 0.5) is 0 Å². The highest BCUT2D eigenvalue weighted by Crippen LogP contribution is 2.32. The monoisotopic (exact) mass is 238 g/mol. The largest absolute Gasteiger partial charge is 0.326 e. The Morgan fingerprint density at radius 2 is 2.06 bits per heavy atom. The second-order valence-electron chi connectivity index (χ2n) is 4.61. The number of likely N-dealkylation sites (tertiary alicyclic amines) is 1. The van der Waals surface area contributed by atoms with E-state index in [0.29, 0.717) is 0 Å². The predicted molar refractivity (Wildman–Crippen MR) is 68.6 cm³/mol. The number of hydrogen-bond acceptors (Lipinski definition) is 2. The summed E-state index contributed by atoms with van der Waals surface area (Å²) >= 11 is 6.26. The second-order valence-corrected chi connectivity index (χ2v) is 5.01. The van der Waals surface area contributed by atoms with Gasteiger partial charge in [0.15, 0.2) is 0 Å². The van der Waals surface area contributed by atoms with Gasteiger partial charge in [-0.1, -0.05) is 36.2 Å². The summed E-state index contributed by atoms with van der Waals surface area (Å²) in [5.74, 6) is 0. The highest BCUT2D eigenvalue weighted by atomic mass is 35.5. The normalized spacial score (nSPS) is 27.7. The fourth-order valence-corrected chi connectivity index (χ4v) is 2.80. The lowest BCUT2D eigenvalue weighted by atomic mass is 9.96. The smallest absolute Gasteiger partial charge is 0.0511 e. The number of likely N-dealkylation sites (N-methyl/N-ethyl adjacent to an activating group) is 1. The lowest BCUT2D eigenvalue weighted by molar-refractivity contribution is 0.230. The highest BCUT2D eigenvalue weighted by molar-refractivity contribution is 6.31. The molecule has 0 aliphatic carbocycles. The standard InChI is InChI=1S/C13H19ClN2/c1-16-9-5-4-8-12(15)13(16)10-6-2-3-7-11(10)14/h2-3,6-7,12-13H,4-5,8-9,15H2,1H3. The molecule has 0 aromatic heterocycles. The fourth-order valence-electron chi connectivity index (χ4n) is 2.55. The summed E-state index contributed by atoms with van der Waals surface area (Å²) in [6.07, 6.45) is 3.53. The first-order valence-corrected chi connectivity index (χ1v) is 6.28. The summed E-state index contributed by atoms with van der Waals surface area (Å²) in [7, 11) is 2.14. The van der Waals surface area contributed by atoms with Gasteiger partial charge in [0.2, 0.25) is 0 Å². The molecular formula is C13H19ClN2. The first-order valence-electron chi connectivity index (χ1n) is 5.90. The van der Waals surface area contributed by atoms with E-state index in [1.807, 2.05) is 18.2 Å². The van der Waals surface area contributed by atoms with Crippen molar-refractivity contribution >= 4 is 11.6 Å². The molecule has 0 radical (unpaired) electrons. The van der Waals surface area contributed by atoms with E-state index in [9.17, 15) is 0 Å². The maximum atomic E-state index is 6.27. The molecule has 0 bridgehead atoms. The van der Waals surface area contributed by atoms with Gasteiger partial charge in [-0.2, -0.15) is 0 Å². The first kappa shape index (κ1) is 11.9. The summed E-state index contributed by atoms with van der Waals surface area (Å²) in [6, 6.07) is 8.49. The minimum Gasteiger partial charge on any atom is -0.326 e. The molecule has 1 aliphatic heterocycles. The molecule has 2 nitrogen and oxygen atoms in total. The Hall–Kier alpha value is -0.570. The minimum absolute atomic E-state index is 0.187. The average molecular weight is 239 g/mol. The Morgan fingerprint density at radius 1 is 1.31 bits per heavy atom. The number of nitrogens with two attached hydrogens (primary N) is 1. The number of benzene rings is 1. The third kappa shape index (κ3) is 2.40. The molecule has 3 heteroatoms. The van der Waals surface area contributed by atoms with Gasteiger partial charge in [0.25, 0.3) is 0 Å². The first-order chi connectivity index (χ1) is 7.70. The summed E-state index contributed by atoms with van der Waals surface area (Å²) < 4.78 is 0. The van der Waals surface area contributed by atoms with Crippen molar-refractivity contribution in [2.75, 3.05) is 13.6 Å². The van der Waals surface area contributed by atoms with E-state index in [0.717, 1.165) is 18.0 Å². The molecule has 2 unspecified atom stereocenters. The van der Waals surface area contributed by atoms with E-state index in [2.05, 4.69) is 18.0 Å². The molecule has 1 heterocycles. The van der Waals surface area contributed by atoms with Crippen molar-refractivity contribution in [2.24, 2.45) is 5.73 Å². The molecular weight excluding hydrogens is 220 g/mol. The SMILES string of the molecule is CN1CCCCC(N)C1c1ccccc1Cl. The second kappa shape index (κ2) is 5.17. The van der Waals surface area contributed by atoms with Crippen molar-refractivity contribution in [1.82, 2.24) is 4.90 Å². The van der Waals surface area contributed by atoms with Crippen molar-refractivity contribution in [1.29, 1.82) is 0 Å². The van der Waals surface area contributed by atoms with Gasteiger partial charge in [-0.25, -0.2) is 0 Å². The van der Waals surface area contributed by atoms with Crippen molar-refractivity contribution < 1.29 is 0 Å². The zero-order valence-corrected chi connectivity index (χ0v) is 10.5. The Kier molecular flexibility index (Phi) is 3.85. The molecule has 2 rings (SSSR count). The molecule has 1 aromatic rings. The van der Waals surface area contributed by atoms with Crippen LogP contribution in [-0.4, -0.2) is 24.5 Å². The number of halogens is 1. The van der Waals surface area contributed by atoms with Crippen molar-refractivity contribution in [3.8, 4) is 0 Å². The van der Waals surface area contributed by atoms with Gasteiger partial charge in [-0.15, -0.1) is 0 Å². The van der Waals surface area contributed by atoms with Gasteiger partial charge >= 0.3 is 0 Å². The van der Waals surface area contributed by atoms with Crippen LogP contribution < -0.4 is 5.73 Å². The Morgan fingerprint density at radius 3 is 2.81 bits per heavy atom. The summed E-state index contributed by atoms with van der Waals surface area (Å²) in [4.78, 5) is 2.33. The van der Waals surface area contributed by atoms with Crippen molar-refractivity contribution in [3.63, 3.8) is 0 Å². The lowest BCUT2D eigenvalue weighted by Crippen LogP contribution is -2.37. The van der Waals surface area contributed by atoms with Crippen LogP contribution in [0.15, 0.2) is 24.3 Å². The van der Waals surface area contributed by atoms with Crippen LogP contribution >= 0.6 is 11.6 Å².